The molecule has 0 radical (unpaired) electrons. The summed E-state index contributed by atoms with van der Waals surface area (Å²) in [6.45, 7) is 4.14. The van der Waals surface area contributed by atoms with E-state index in [4.69, 9.17) is 4.74 Å². The van der Waals surface area contributed by atoms with Crippen LogP contribution in [0.3, 0.4) is 0 Å². The Bertz CT molecular complexity index is 424. The van der Waals surface area contributed by atoms with Crippen molar-refractivity contribution in [1.82, 2.24) is 15.3 Å². The van der Waals surface area contributed by atoms with Gasteiger partial charge in [-0.3, -0.25) is 4.79 Å². The molecule has 0 unspecified atom stereocenters. The van der Waals surface area contributed by atoms with Gasteiger partial charge in [0.15, 0.2) is 0 Å². The Morgan fingerprint density at radius 1 is 1.61 bits per heavy atom. The summed E-state index contributed by atoms with van der Waals surface area (Å²) in [5, 5.41) is 2.86. The molecule has 0 bridgehead atoms. The molecule has 0 saturated carbocycles. The van der Waals surface area contributed by atoms with Crippen molar-refractivity contribution in [2.24, 2.45) is 5.92 Å². The third-order valence-corrected chi connectivity index (χ3v) is 3.07. The maximum atomic E-state index is 11.8. The van der Waals surface area contributed by atoms with Crippen molar-refractivity contribution in [3.63, 3.8) is 0 Å². The lowest BCUT2D eigenvalue weighted by Crippen LogP contribution is -2.32. The average molecular weight is 250 g/mol. The molecular weight excluding hydrogens is 232 g/mol. The van der Waals surface area contributed by atoms with E-state index in [1.165, 1.54) is 6.33 Å². The minimum atomic E-state index is 0.0471. The van der Waals surface area contributed by atoms with Crippen molar-refractivity contribution in [1.29, 1.82) is 0 Å². The van der Waals surface area contributed by atoms with E-state index in [-0.39, 0.29) is 11.8 Å². The molecule has 1 atom stereocenters. The van der Waals surface area contributed by atoms with Gasteiger partial charge in [-0.2, -0.15) is 0 Å². The van der Waals surface area contributed by atoms with E-state index in [2.05, 4.69) is 20.2 Å². The van der Waals surface area contributed by atoms with Crippen LogP contribution in [0.1, 0.15) is 13.3 Å². The molecular formula is C12H18N4O2. The van der Waals surface area contributed by atoms with E-state index < -0.39 is 0 Å². The van der Waals surface area contributed by atoms with Crippen molar-refractivity contribution in [3.05, 3.63) is 12.4 Å². The van der Waals surface area contributed by atoms with Gasteiger partial charge in [0.2, 0.25) is 11.8 Å². The molecule has 1 amide bonds. The van der Waals surface area contributed by atoms with Gasteiger partial charge in [0.05, 0.1) is 13.0 Å². The first-order chi connectivity index (χ1) is 8.74. The number of hydrogen-bond acceptors (Lipinski definition) is 5. The lowest BCUT2D eigenvalue weighted by atomic mass is 10.1. The van der Waals surface area contributed by atoms with E-state index in [1.807, 2.05) is 6.92 Å². The van der Waals surface area contributed by atoms with Gasteiger partial charge in [0, 0.05) is 25.7 Å². The van der Waals surface area contributed by atoms with Gasteiger partial charge in [0.1, 0.15) is 12.1 Å². The third-order valence-electron chi connectivity index (χ3n) is 3.07. The molecule has 0 aliphatic carbocycles. The predicted molar refractivity (Wildman–Crippen MR) is 67.6 cm³/mol. The maximum Gasteiger partial charge on any atom is 0.224 e. The van der Waals surface area contributed by atoms with Crippen molar-refractivity contribution in [2.45, 2.75) is 13.3 Å². The number of amides is 1. The van der Waals surface area contributed by atoms with E-state index in [0.717, 1.165) is 18.8 Å². The number of anilines is 1. The molecule has 6 nitrogen and oxygen atoms in total. The normalized spacial score (nSPS) is 18.8. The van der Waals surface area contributed by atoms with Crippen LogP contribution in [-0.4, -0.2) is 42.6 Å². The number of methoxy groups -OCH3 is 1. The Morgan fingerprint density at radius 3 is 3.17 bits per heavy atom. The van der Waals surface area contributed by atoms with E-state index >= 15 is 0 Å². The van der Waals surface area contributed by atoms with Gasteiger partial charge in [-0.25, -0.2) is 9.97 Å². The quantitative estimate of drug-likeness (QED) is 0.840. The van der Waals surface area contributed by atoms with Gasteiger partial charge in [-0.1, -0.05) is 0 Å². The second kappa shape index (κ2) is 5.66. The Balaban J connectivity index is 2.01. The number of ether oxygens (including phenoxy) is 1. The van der Waals surface area contributed by atoms with Crippen LogP contribution in [-0.2, 0) is 4.79 Å². The van der Waals surface area contributed by atoms with Crippen LogP contribution in [0.15, 0.2) is 12.4 Å². The number of nitrogens with one attached hydrogen (secondary N) is 1. The third kappa shape index (κ3) is 2.69. The largest absolute Gasteiger partial charge is 0.481 e. The molecule has 1 N–H and O–H groups in total. The number of hydrogen-bond donors (Lipinski definition) is 1. The summed E-state index contributed by atoms with van der Waals surface area (Å²) in [6, 6.07) is 1.79. The first-order valence-electron chi connectivity index (χ1n) is 6.13. The Labute approximate surface area is 106 Å². The fourth-order valence-corrected chi connectivity index (χ4v) is 2.12. The second-order valence-electron chi connectivity index (χ2n) is 4.24. The molecule has 1 fully saturated rings. The van der Waals surface area contributed by atoms with Gasteiger partial charge in [-0.15, -0.1) is 0 Å². The van der Waals surface area contributed by atoms with E-state index in [1.54, 1.807) is 13.2 Å². The van der Waals surface area contributed by atoms with Crippen molar-refractivity contribution < 1.29 is 9.53 Å². The van der Waals surface area contributed by atoms with Gasteiger partial charge in [-0.05, 0) is 13.3 Å². The zero-order chi connectivity index (χ0) is 13.0. The number of aromatic nitrogens is 2. The highest BCUT2D eigenvalue weighted by Gasteiger charge is 2.28. The second-order valence-corrected chi connectivity index (χ2v) is 4.24. The summed E-state index contributed by atoms with van der Waals surface area (Å²) in [5.74, 6) is 1.53. The molecule has 1 aromatic rings. The monoisotopic (exact) mass is 250 g/mol. The summed E-state index contributed by atoms with van der Waals surface area (Å²) in [7, 11) is 1.58. The van der Waals surface area contributed by atoms with Crippen LogP contribution in [0.25, 0.3) is 0 Å². The van der Waals surface area contributed by atoms with Crippen LogP contribution in [0.5, 0.6) is 5.88 Å². The fourth-order valence-electron chi connectivity index (χ4n) is 2.12. The van der Waals surface area contributed by atoms with E-state index in [9.17, 15) is 4.79 Å². The van der Waals surface area contributed by atoms with Crippen molar-refractivity contribution in [2.75, 3.05) is 31.6 Å². The smallest absolute Gasteiger partial charge is 0.224 e. The standard InChI is InChI=1S/C12H18N4O2/c1-3-13-12(17)9-4-5-16(7-9)10-6-11(18-2)15-8-14-10/h6,8-9H,3-5,7H2,1-2H3,(H,13,17)/t9-/m1/s1. The van der Waals surface area contributed by atoms with Crippen LogP contribution in [0.2, 0.25) is 0 Å². The summed E-state index contributed by atoms with van der Waals surface area (Å²) in [6.07, 6.45) is 2.34. The summed E-state index contributed by atoms with van der Waals surface area (Å²) >= 11 is 0. The summed E-state index contributed by atoms with van der Waals surface area (Å²) < 4.78 is 5.07. The molecule has 2 rings (SSSR count). The first-order valence-corrected chi connectivity index (χ1v) is 6.13. The first kappa shape index (κ1) is 12.6. The highest BCUT2D eigenvalue weighted by Crippen LogP contribution is 2.23. The zero-order valence-corrected chi connectivity index (χ0v) is 10.7. The van der Waals surface area contributed by atoms with Crippen LogP contribution < -0.4 is 15.0 Å². The molecule has 1 aliphatic rings. The highest BCUT2D eigenvalue weighted by molar-refractivity contribution is 5.79. The molecule has 2 heterocycles. The molecule has 1 saturated heterocycles. The topological polar surface area (TPSA) is 67.4 Å². The number of rotatable bonds is 4. The summed E-state index contributed by atoms with van der Waals surface area (Å²) in [5.41, 5.74) is 0. The van der Waals surface area contributed by atoms with Gasteiger partial charge < -0.3 is 15.0 Å². The molecule has 6 heteroatoms. The Kier molecular flexibility index (Phi) is 3.96. The minimum Gasteiger partial charge on any atom is -0.481 e. The summed E-state index contributed by atoms with van der Waals surface area (Å²) in [4.78, 5) is 22.0. The number of carbonyl (C=O) groups excluding carboxylic acids is 1. The average Bonchev–Trinajstić information content (AvgIpc) is 2.89. The van der Waals surface area contributed by atoms with Crippen LogP contribution >= 0.6 is 0 Å². The Morgan fingerprint density at radius 2 is 2.44 bits per heavy atom. The predicted octanol–water partition coefficient (Wildman–Crippen LogP) is 0.448. The maximum absolute atomic E-state index is 11.8. The van der Waals surface area contributed by atoms with Crippen molar-refractivity contribution in [3.8, 4) is 5.88 Å². The lowest BCUT2D eigenvalue weighted by molar-refractivity contribution is -0.124. The van der Waals surface area contributed by atoms with Gasteiger partial charge in [0.25, 0.3) is 0 Å². The highest BCUT2D eigenvalue weighted by atomic mass is 16.5. The molecule has 98 valence electrons. The lowest BCUT2D eigenvalue weighted by Gasteiger charge is -2.17. The molecule has 18 heavy (non-hydrogen) atoms. The van der Waals surface area contributed by atoms with E-state index in [0.29, 0.717) is 19.0 Å². The zero-order valence-electron chi connectivity index (χ0n) is 10.7. The Hall–Kier alpha value is -1.85. The molecule has 0 spiro atoms. The van der Waals surface area contributed by atoms with Crippen LogP contribution in [0.4, 0.5) is 5.82 Å². The SMILES string of the molecule is CCNC(=O)[C@@H]1CCN(c2cc(OC)ncn2)C1. The minimum absolute atomic E-state index is 0.0471. The van der Waals surface area contributed by atoms with Crippen LogP contribution in [0, 0.1) is 5.92 Å². The van der Waals surface area contributed by atoms with Crippen molar-refractivity contribution >= 4 is 11.7 Å². The number of carbonyl (C=O) groups is 1. The number of nitrogens with zero attached hydrogens (tertiary/aromatic N) is 3. The van der Waals surface area contributed by atoms with Gasteiger partial charge >= 0.3 is 0 Å². The molecule has 1 aliphatic heterocycles. The fraction of sp³-hybridized carbons (Fsp3) is 0.583. The molecule has 0 aromatic carbocycles. The molecule has 1 aromatic heterocycles.